The molecule has 1 atom stereocenters. The van der Waals surface area contributed by atoms with Crippen LogP contribution in [0, 0.1) is 11.3 Å². The lowest BCUT2D eigenvalue weighted by Gasteiger charge is -2.41. The van der Waals surface area contributed by atoms with Crippen molar-refractivity contribution in [3.8, 4) is 0 Å². The zero-order chi connectivity index (χ0) is 15.0. The van der Waals surface area contributed by atoms with Gasteiger partial charge in [-0.1, -0.05) is 27.2 Å². The zero-order valence-corrected chi connectivity index (χ0v) is 13.4. The highest BCUT2D eigenvalue weighted by Gasteiger charge is 2.53. The SMILES string of the molecule is CCCc1nc(C2CN(C(=O)C(C)C)CC23CCC3)n[nH]1. The molecule has 2 aliphatic rings. The van der Waals surface area contributed by atoms with E-state index >= 15 is 0 Å². The van der Waals surface area contributed by atoms with Gasteiger partial charge in [0, 0.05) is 31.3 Å². The summed E-state index contributed by atoms with van der Waals surface area (Å²) in [7, 11) is 0. The third kappa shape index (κ3) is 2.47. The van der Waals surface area contributed by atoms with Crippen LogP contribution in [0.1, 0.15) is 64.0 Å². The Hall–Kier alpha value is -1.39. The molecular formula is C16H26N4O. The summed E-state index contributed by atoms with van der Waals surface area (Å²) in [5.74, 6) is 2.57. The molecule has 1 aliphatic heterocycles. The van der Waals surface area contributed by atoms with Crippen LogP contribution < -0.4 is 0 Å². The van der Waals surface area contributed by atoms with Crippen molar-refractivity contribution >= 4 is 5.91 Å². The van der Waals surface area contributed by atoms with E-state index in [0.717, 1.165) is 37.6 Å². The van der Waals surface area contributed by atoms with Crippen molar-refractivity contribution in [1.29, 1.82) is 0 Å². The van der Waals surface area contributed by atoms with E-state index in [2.05, 4.69) is 17.1 Å². The van der Waals surface area contributed by atoms with E-state index in [9.17, 15) is 4.79 Å². The largest absolute Gasteiger partial charge is 0.341 e. The number of carbonyl (C=O) groups excluding carboxylic acids is 1. The second-order valence-corrected chi connectivity index (χ2v) is 7.03. The third-order valence-electron chi connectivity index (χ3n) is 5.15. The lowest BCUT2D eigenvalue weighted by atomic mass is 9.62. The predicted molar refractivity (Wildman–Crippen MR) is 80.8 cm³/mol. The molecule has 5 nitrogen and oxygen atoms in total. The van der Waals surface area contributed by atoms with E-state index in [1.807, 2.05) is 18.7 Å². The van der Waals surface area contributed by atoms with E-state index in [0.29, 0.717) is 5.92 Å². The first-order valence-electron chi connectivity index (χ1n) is 8.25. The molecule has 1 aliphatic carbocycles. The molecule has 1 saturated carbocycles. The van der Waals surface area contributed by atoms with Gasteiger partial charge in [-0.3, -0.25) is 9.89 Å². The Morgan fingerprint density at radius 3 is 2.81 bits per heavy atom. The fourth-order valence-corrected chi connectivity index (χ4v) is 3.81. The average Bonchev–Trinajstić information content (AvgIpc) is 3.01. The Bertz CT molecular complexity index is 518. The number of likely N-dealkylation sites (tertiary alicyclic amines) is 1. The Kier molecular flexibility index (Phi) is 3.76. The minimum absolute atomic E-state index is 0.0728. The van der Waals surface area contributed by atoms with E-state index < -0.39 is 0 Å². The summed E-state index contributed by atoms with van der Waals surface area (Å²) < 4.78 is 0. The molecule has 0 aromatic carbocycles. The van der Waals surface area contributed by atoms with Gasteiger partial charge in [-0.2, -0.15) is 5.10 Å². The number of rotatable bonds is 4. The fraction of sp³-hybridized carbons (Fsp3) is 0.812. The molecule has 1 aromatic rings. The predicted octanol–water partition coefficient (Wildman–Crippen LogP) is 2.51. The van der Waals surface area contributed by atoms with Crippen LogP contribution in [0.2, 0.25) is 0 Å². The Balaban J connectivity index is 1.81. The van der Waals surface area contributed by atoms with Gasteiger partial charge in [0.25, 0.3) is 0 Å². The molecule has 1 amide bonds. The van der Waals surface area contributed by atoms with Crippen molar-refractivity contribution in [1.82, 2.24) is 20.1 Å². The summed E-state index contributed by atoms with van der Waals surface area (Å²) in [6.45, 7) is 7.80. The molecule has 0 radical (unpaired) electrons. The number of aryl methyl sites for hydroxylation is 1. The summed E-state index contributed by atoms with van der Waals surface area (Å²) in [5, 5.41) is 7.53. The number of hydrogen-bond donors (Lipinski definition) is 1. The van der Waals surface area contributed by atoms with Crippen LogP contribution in [0.5, 0.6) is 0 Å². The molecule has 21 heavy (non-hydrogen) atoms. The third-order valence-corrected chi connectivity index (χ3v) is 5.15. The first kappa shape index (κ1) is 14.5. The van der Waals surface area contributed by atoms with Crippen LogP contribution in [0.3, 0.4) is 0 Å². The van der Waals surface area contributed by atoms with Crippen molar-refractivity contribution in [3.05, 3.63) is 11.6 Å². The summed E-state index contributed by atoms with van der Waals surface area (Å²) in [6.07, 6.45) is 5.70. The Morgan fingerprint density at radius 1 is 1.48 bits per heavy atom. The normalized spacial score (nSPS) is 23.8. The first-order chi connectivity index (χ1) is 10.1. The molecule has 116 valence electrons. The molecule has 1 aromatic heterocycles. The van der Waals surface area contributed by atoms with E-state index in [-0.39, 0.29) is 17.2 Å². The van der Waals surface area contributed by atoms with Crippen molar-refractivity contribution < 1.29 is 4.79 Å². The van der Waals surface area contributed by atoms with Crippen LogP contribution in [-0.4, -0.2) is 39.1 Å². The Morgan fingerprint density at radius 2 is 2.24 bits per heavy atom. The van der Waals surface area contributed by atoms with Crippen LogP contribution in [0.15, 0.2) is 0 Å². The lowest BCUT2D eigenvalue weighted by molar-refractivity contribution is -0.134. The van der Waals surface area contributed by atoms with Crippen LogP contribution in [0.4, 0.5) is 0 Å². The van der Waals surface area contributed by atoms with Gasteiger partial charge in [-0.25, -0.2) is 4.98 Å². The summed E-state index contributed by atoms with van der Waals surface area (Å²) in [5.41, 5.74) is 0.246. The van der Waals surface area contributed by atoms with Gasteiger partial charge in [0.15, 0.2) is 5.82 Å². The molecule has 1 saturated heterocycles. The van der Waals surface area contributed by atoms with E-state index in [4.69, 9.17) is 4.98 Å². The van der Waals surface area contributed by atoms with Gasteiger partial charge in [-0.05, 0) is 24.7 Å². The number of H-pyrrole nitrogens is 1. The van der Waals surface area contributed by atoms with Crippen molar-refractivity contribution in [2.75, 3.05) is 13.1 Å². The summed E-state index contributed by atoms with van der Waals surface area (Å²) in [4.78, 5) is 19.1. The molecule has 2 fully saturated rings. The minimum Gasteiger partial charge on any atom is -0.341 e. The second-order valence-electron chi connectivity index (χ2n) is 7.03. The highest BCUT2D eigenvalue weighted by atomic mass is 16.2. The topological polar surface area (TPSA) is 61.9 Å². The summed E-state index contributed by atoms with van der Waals surface area (Å²) in [6, 6.07) is 0. The molecule has 2 heterocycles. The average molecular weight is 290 g/mol. The first-order valence-corrected chi connectivity index (χ1v) is 8.25. The Labute approximate surface area is 126 Å². The number of carbonyl (C=O) groups is 1. The number of nitrogens with zero attached hydrogens (tertiary/aromatic N) is 3. The highest BCUT2D eigenvalue weighted by Crippen LogP contribution is 2.55. The van der Waals surface area contributed by atoms with Gasteiger partial charge >= 0.3 is 0 Å². The fourth-order valence-electron chi connectivity index (χ4n) is 3.81. The van der Waals surface area contributed by atoms with Crippen molar-refractivity contribution in [3.63, 3.8) is 0 Å². The molecule has 5 heteroatoms. The smallest absolute Gasteiger partial charge is 0.225 e. The molecule has 0 bridgehead atoms. The number of aromatic nitrogens is 3. The maximum Gasteiger partial charge on any atom is 0.225 e. The molecule has 1 spiro atoms. The quantitative estimate of drug-likeness (QED) is 0.926. The molecule has 3 rings (SSSR count). The minimum atomic E-state index is 0.0728. The zero-order valence-electron chi connectivity index (χ0n) is 13.4. The van der Waals surface area contributed by atoms with Gasteiger partial charge < -0.3 is 4.90 Å². The number of nitrogens with one attached hydrogen (secondary N) is 1. The number of aromatic amines is 1. The maximum absolute atomic E-state index is 12.3. The number of amides is 1. The van der Waals surface area contributed by atoms with Crippen LogP contribution in [0.25, 0.3) is 0 Å². The van der Waals surface area contributed by atoms with Crippen LogP contribution in [-0.2, 0) is 11.2 Å². The van der Waals surface area contributed by atoms with E-state index in [1.165, 1.54) is 19.3 Å². The summed E-state index contributed by atoms with van der Waals surface area (Å²) >= 11 is 0. The van der Waals surface area contributed by atoms with Crippen molar-refractivity contribution in [2.45, 2.75) is 58.8 Å². The highest BCUT2D eigenvalue weighted by molar-refractivity contribution is 5.78. The molecular weight excluding hydrogens is 264 g/mol. The van der Waals surface area contributed by atoms with Crippen LogP contribution >= 0.6 is 0 Å². The van der Waals surface area contributed by atoms with Crippen molar-refractivity contribution in [2.24, 2.45) is 11.3 Å². The van der Waals surface area contributed by atoms with Gasteiger partial charge in [-0.15, -0.1) is 0 Å². The molecule has 1 unspecified atom stereocenters. The van der Waals surface area contributed by atoms with Gasteiger partial charge in [0.1, 0.15) is 5.82 Å². The van der Waals surface area contributed by atoms with Gasteiger partial charge in [0.2, 0.25) is 5.91 Å². The molecule has 1 N–H and O–H groups in total. The van der Waals surface area contributed by atoms with E-state index in [1.54, 1.807) is 0 Å². The standard InChI is InChI=1S/C16H26N4O/c1-4-6-13-17-14(19-18-13)12-9-20(15(21)11(2)3)10-16(12)7-5-8-16/h11-12H,4-10H2,1-3H3,(H,17,18,19). The number of hydrogen-bond acceptors (Lipinski definition) is 3. The lowest BCUT2D eigenvalue weighted by Crippen LogP contribution is -2.38. The maximum atomic E-state index is 12.3. The van der Waals surface area contributed by atoms with Gasteiger partial charge in [0.05, 0.1) is 0 Å². The second kappa shape index (κ2) is 5.43. The monoisotopic (exact) mass is 290 g/mol.